The Morgan fingerprint density at radius 2 is 1.49 bits per heavy atom. The second-order valence-corrected chi connectivity index (χ2v) is 12.4. The number of aromatic carboxylic acids is 1. The Morgan fingerprint density at radius 1 is 0.755 bits per heavy atom. The van der Waals surface area contributed by atoms with Gasteiger partial charge < -0.3 is 24.8 Å². The molecule has 250 valence electrons. The average molecular weight is 660 g/mol. The lowest BCUT2D eigenvalue weighted by Gasteiger charge is -2.32. The van der Waals surface area contributed by atoms with E-state index in [0.29, 0.717) is 56.1 Å². The van der Waals surface area contributed by atoms with Crippen molar-refractivity contribution in [1.29, 1.82) is 0 Å². The summed E-state index contributed by atoms with van der Waals surface area (Å²) in [4.78, 5) is 41.9. The minimum atomic E-state index is -0.978. The van der Waals surface area contributed by atoms with E-state index in [4.69, 9.17) is 0 Å². The van der Waals surface area contributed by atoms with Crippen molar-refractivity contribution in [1.82, 2.24) is 39.6 Å². The summed E-state index contributed by atoms with van der Waals surface area (Å²) >= 11 is 0. The van der Waals surface area contributed by atoms with Crippen LogP contribution in [0.4, 0.5) is 5.69 Å². The molecule has 0 saturated carbocycles. The number of likely N-dealkylation sites (tertiary alicyclic amines) is 1. The fourth-order valence-electron chi connectivity index (χ4n) is 6.49. The van der Waals surface area contributed by atoms with Gasteiger partial charge in [0.25, 0.3) is 11.8 Å². The summed E-state index contributed by atoms with van der Waals surface area (Å²) in [6.07, 6.45) is 5.01. The Morgan fingerprint density at radius 3 is 2.27 bits per heavy atom. The van der Waals surface area contributed by atoms with E-state index in [2.05, 4.69) is 42.5 Å². The van der Waals surface area contributed by atoms with Gasteiger partial charge in [0.2, 0.25) is 0 Å². The van der Waals surface area contributed by atoms with E-state index in [-0.39, 0.29) is 23.4 Å². The van der Waals surface area contributed by atoms with Crippen molar-refractivity contribution in [2.75, 3.05) is 25.0 Å². The van der Waals surface area contributed by atoms with Crippen LogP contribution >= 0.6 is 0 Å². The molecule has 2 aliphatic rings. The summed E-state index contributed by atoms with van der Waals surface area (Å²) in [5, 5.41) is 29.8. The zero-order chi connectivity index (χ0) is 33.7. The Hall–Kier alpha value is -5.85. The number of carbonyl (C=O) groups is 3. The molecule has 0 bridgehead atoms. The summed E-state index contributed by atoms with van der Waals surface area (Å²) in [7, 11) is 0. The van der Waals surface area contributed by atoms with Gasteiger partial charge in [-0.2, -0.15) is 0 Å². The zero-order valence-corrected chi connectivity index (χ0v) is 27.0. The number of aromatic nitrogens is 6. The highest BCUT2D eigenvalue weighted by molar-refractivity contribution is 5.99. The number of carboxylic acid groups (broad SMARTS) is 1. The monoisotopic (exact) mass is 659 g/mol. The van der Waals surface area contributed by atoms with Crippen LogP contribution < -0.4 is 5.32 Å². The molecule has 49 heavy (non-hydrogen) atoms. The third-order valence-electron chi connectivity index (χ3n) is 9.22. The first-order valence-electron chi connectivity index (χ1n) is 16.5. The molecule has 1 fully saturated rings. The summed E-state index contributed by atoms with van der Waals surface area (Å²) in [6.45, 7) is 3.09. The summed E-state index contributed by atoms with van der Waals surface area (Å²) in [6, 6.07) is 24.0. The molecule has 2 aromatic heterocycles. The first-order valence-corrected chi connectivity index (χ1v) is 16.5. The summed E-state index contributed by atoms with van der Waals surface area (Å²) in [5.74, 6) is 0.513. The van der Waals surface area contributed by atoms with Gasteiger partial charge in [-0.1, -0.05) is 47.7 Å². The quantitative estimate of drug-likeness (QED) is 0.226. The molecule has 0 radical (unpaired) electrons. The molecular weight excluding hydrogens is 622 g/mol. The number of nitrogens with zero attached hydrogens (tertiary/aromatic N) is 8. The molecule has 0 atom stereocenters. The minimum absolute atomic E-state index is 0.0957. The van der Waals surface area contributed by atoms with Crippen molar-refractivity contribution in [2.24, 2.45) is 0 Å². The molecule has 13 nitrogen and oxygen atoms in total. The van der Waals surface area contributed by atoms with Gasteiger partial charge in [0.15, 0.2) is 5.82 Å². The topological polar surface area (TPSA) is 151 Å². The van der Waals surface area contributed by atoms with Gasteiger partial charge in [-0.25, -0.2) is 9.48 Å². The standard InChI is InChI=1S/C36H37N9O4/c46-34(42-16-14-31(15-17-42)45-23-30(38-41-45)22-37-29-11-5-10-28(21-29)36(48)49)26-8-4-9-27(20-26)35(47)43-18-19-44-32(39-40-33(44)24-43)13-12-25-6-2-1-3-7-25/h1-11,20-21,23,31,37H,12-19,22,24H2,(H,48,49). The van der Waals surface area contributed by atoms with Crippen molar-refractivity contribution >= 4 is 23.5 Å². The number of carbonyl (C=O) groups excluding carboxylic acids is 2. The van der Waals surface area contributed by atoms with E-state index in [1.165, 1.54) is 5.56 Å². The molecule has 5 aromatic rings. The SMILES string of the molecule is O=C(O)c1cccc(NCc2cn(C3CCN(C(=O)c4cccc(C(=O)N5CCn6c(CCc7ccccc7)nnc6C5)c4)CC3)nn2)c1. The van der Waals surface area contributed by atoms with Crippen LogP contribution in [0, 0.1) is 0 Å². The Balaban J connectivity index is 0.914. The van der Waals surface area contributed by atoms with Crippen LogP contribution in [0.15, 0.2) is 85.1 Å². The molecule has 3 aromatic carbocycles. The maximum Gasteiger partial charge on any atom is 0.335 e. The van der Waals surface area contributed by atoms with Crippen molar-refractivity contribution < 1.29 is 19.5 Å². The molecule has 13 heteroatoms. The van der Waals surface area contributed by atoms with Crippen LogP contribution in [0.3, 0.4) is 0 Å². The third-order valence-corrected chi connectivity index (χ3v) is 9.22. The first kappa shape index (κ1) is 31.7. The molecule has 2 amide bonds. The highest BCUT2D eigenvalue weighted by Gasteiger charge is 2.28. The number of benzene rings is 3. The Bertz CT molecular complexity index is 1960. The van der Waals surface area contributed by atoms with E-state index >= 15 is 0 Å². The van der Waals surface area contributed by atoms with E-state index in [1.54, 1.807) is 53.4 Å². The normalized spacial score (nSPS) is 14.8. The van der Waals surface area contributed by atoms with Crippen LogP contribution in [-0.4, -0.2) is 82.1 Å². The van der Waals surface area contributed by atoms with E-state index in [0.717, 1.165) is 43.0 Å². The number of hydrogen-bond donors (Lipinski definition) is 2. The maximum absolute atomic E-state index is 13.5. The molecule has 2 aliphatic heterocycles. The second kappa shape index (κ2) is 14.1. The maximum atomic E-state index is 13.5. The van der Waals surface area contributed by atoms with Crippen LogP contribution in [0.2, 0.25) is 0 Å². The lowest BCUT2D eigenvalue weighted by atomic mass is 10.0. The molecule has 2 N–H and O–H groups in total. The van der Waals surface area contributed by atoms with Gasteiger partial charge in [0.1, 0.15) is 11.5 Å². The molecular formula is C36H37N9O4. The van der Waals surface area contributed by atoms with Gasteiger partial charge in [0, 0.05) is 49.4 Å². The van der Waals surface area contributed by atoms with Gasteiger partial charge in [-0.15, -0.1) is 15.3 Å². The van der Waals surface area contributed by atoms with Gasteiger partial charge in [-0.3, -0.25) is 9.59 Å². The molecule has 7 rings (SSSR count). The number of nitrogens with one attached hydrogen (secondary N) is 1. The number of carboxylic acids is 1. The van der Waals surface area contributed by atoms with Crippen LogP contribution in [0.1, 0.15) is 72.9 Å². The van der Waals surface area contributed by atoms with E-state index in [1.807, 2.05) is 34.0 Å². The molecule has 0 aliphatic carbocycles. The third kappa shape index (κ3) is 7.20. The number of rotatable bonds is 10. The number of amides is 2. The minimum Gasteiger partial charge on any atom is -0.478 e. The highest BCUT2D eigenvalue weighted by atomic mass is 16.4. The molecule has 4 heterocycles. The molecule has 0 unspecified atom stereocenters. The van der Waals surface area contributed by atoms with Crippen LogP contribution in [0.25, 0.3) is 0 Å². The number of hydrogen-bond acceptors (Lipinski definition) is 8. The van der Waals surface area contributed by atoms with Gasteiger partial charge in [-0.05, 0) is 61.2 Å². The van der Waals surface area contributed by atoms with Crippen molar-refractivity contribution in [3.63, 3.8) is 0 Å². The van der Waals surface area contributed by atoms with Crippen molar-refractivity contribution in [3.05, 3.63) is 125 Å². The predicted molar refractivity (Wildman–Crippen MR) is 180 cm³/mol. The van der Waals surface area contributed by atoms with E-state index < -0.39 is 5.97 Å². The lowest BCUT2D eigenvalue weighted by molar-refractivity contribution is 0.0681. The fourth-order valence-corrected chi connectivity index (χ4v) is 6.49. The number of piperidine rings is 1. The van der Waals surface area contributed by atoms with Crippen LogP contribution in [-0.2, 0) is 32.5 Å². The Kier molecular flexibility index (Phi) is 9.13. The number of aryl methyl sites for hydroxylation is 2. The number of fused-ring (bicyclic) bond motifs is 1. The smallest absolute Gasteiger partial charge is 0.335 e. The summed E-state index contributed by atoms with van der Waals surface area (Å²) < 4.78 is 3.97. The fraction of sp³-hybridized carbons (Fsp3) is 0.306. The van der Waals surface area contributed by atoms with Gasteiger partial charge >= 0.3 is 5.97 Å². The lowest BCUT2D eigenvalue weighted by Crippen LogP contribution is -2.40. The van der Waals surface area contributed by atoms with Crippen LogP contribution in [0.5, 0.6) is 0 Å². The zero-order valence-electron chi connectivity index (χ0n) is 27.0. The summed E-state index contributed by atoms with van der Waals surface area (Å²) in [5.41, 5.74) is 3.87. The predicted octanol–water partition coefficient (Wildman–Crippen LogP) is 4.10. The number of anilines is 1. The second-order valence-electron chi connectivity index (χ2n) is 12.4. The highest BCUT2D eigenvalue weighted by Crippen LogP contribution is 2.24. The van der Waals surface area contributed by atoms with Gasteiger partial charge in [0.05, 0.1) is 30.9 Å². The molecule has 1 saturated heterocycles. The largest absolute Gasteiger partial charge is 0.478 e. The van der Waals surface area contributed by atoms with E-state index in [9.17, 15) is 19.5 Å². The average Bonchev–Trinajstić information content (AvgIpc) is 3.80. The van der Waals surface area contributed by atoms with Crippen molar-refractivity contribution in [2.45, 2.75) is 51.4 Å². The molecule has 0 spiro atoms. The Labute approximate surface area is 283 Å². The first-order chi connectivity index (χ1) is 23.9. The van der Waals surface area contributed by atoms with Crippen molar-refractivity contribution in [3.8, 4) is 0 Å².